The third-order valence-electron chi connectivity index (χ3n) is 8.19. The molecule has 1 aromatic rings. The summed E-state index contributed by atoms with van der Waals surface area (Å²) in [6, 6.07) is 0. The van der Waals surface area contributed by atoms with Crippen LogP contribution < -0.4 is 21.4 Å². The van der Waals surface area contributed by atoms with Gasteiger partial charge in [-0.3, -0.25) is 0 Å². The van der Waals surface area contributed by atoms with Crippen LogP contribution in [0.3, 0.4) is 0 Å². The van der Waals surface area contributed by atoms with Crippen molar-refractivity contribution in [2.75, 3.05) is 0 Å². The summed E-state index contributed by atoms with van der Waals surface area (Å²) in [6.45, 7) is 6.15. The van der Waals surface area contributed by atoms with Gasteiger partial charge in [-0.05, 0) is 0 Å². The minimum atomic E-state index is -0.821. The molecule has 12 heteroatoms. The molecule has 0 saturated carbocycles. The van der Waals surface area contributed by atoms with Gasteiger partial charge in [0, 0.05) is 0 Å². The van der Waals surface area contributed by atoms with Crippen molar-refractivity contribution >= 4 is 106 Å². The van der Waals surface area contributed by atoms with Crippen LogP contribution >= 0.6 is 0 Å². The number of aliphatic hydroxyl groups excluding tert-OH is 1. The molecular weight excluding hydrogens is 416 g/mol. The Labute approximate surface area is 220 Å². The van der Waals surface area contributed by atoms with Crippen LogP contribution in [0.25, 0.3) is 11.1 Å². The molecule has 0 fully saturated rings. The monoisotopic (exact) mass is 450 g/mol. The van der Waals surface area contributed by atoms with Gasteiger partial charge in [0.2, 0.25) is 0 Å². The first-order chi connectivity index (χ1) is 16.2. The molecule has 0 aromatic heterocycles. The predicted octanol–water partition coefficient (Wildman–Crippen LogP) is -9.04. The number of benzene rings is 1. The zero-order chi connectivity index (χ0) is 26.9. The van der Waals surface area contributed by atoms with E-state index in [9.17, 15) is 10.2 Å². The first-order valence-corrected chi connectivity index (χ1v) is 12.2. The van der Waals surface area contributed by atoms with E-state index in [2.05, 4.69) is 50.4 Å². The normalized spacial score (nSPS) is 16.4. The molecule has 1 unspecified atom stereocenters. The quantitative estimate of drug-likeness (QED) is 0.258. The van der Waals surface area contributed by atoms with Crippen molar-refractivity contribution in [3.8, 4) is 18.1 Å². The van der Waals surface area contributed by atoms with E-state index < -0.39 is 6.10 Å². The van der Waals surface area contributed by atoms with Gasteiger partial charge in [0.25, 0.3) is 0 Å². The Hall–Kier alpha value is -2.24. The number of hydrogen-bond acceptors (Lipinski definition) is 2. The number of terminal acetylenes is 1. The van der Waals surface area contributed by atoms with Gasteiger partial charge in [-0.15, -0.1) is 0 Å². The van der Waals surface area contributed by atoms with Crippen LogP contribution in [0.1, 0.15) is 18.4 Å². The fourth-order valence-electron chi connectivity index (χ4n) is 4.79. The van der Waals surface area contributed by atoms with Gasteiger partial charge in [0.05, 0.1) is 0 Å². The van der Waals surface area contributed by atoms with Crippen LogP contribution in [-0.2, 0) is 0 Å². The summed E-state index contributed by atoms with van der Waals surface area (Å²) in [6.07, 6.45) is 6.03. The Bertz CT molecular complexity index is 1410. The van der Waals surface area contributed by atoms with E-state index >= 15 is 0 Å². The molecule has 1 aromatic carbocycles. The van der Waals surface area contributed by atoms with Crippen molar-refractivity contribution in [2.45, 2.75) is 25.9 Å². The number of allylic oxidation sites excluding steroid dienone is 6. The minimum absolute atomic E-state index is 0.250. The molecule has 0 radical (unpaired) electrons. The van der Waals surface area contributed by atoms with E-state index in [1.54, 1.807) is 0 Å². The van der Waals surface area contributed by atoms with Crippen molar-refractivity contribution in [1.29, 1.82) is 0 Å². The molecule has 1 aliphatic carbocycles. The van der Waals surface area contributed by atoms with Crippen LogP contribution in [0.5, 0.6) is 5.75 Å². The predicted molar refractivity (Wildman–Crippen MR) is 182 cm³/mol. The van der Waals surface area contributed by atoms with Crippen LogP contribution in [0, 0.1) is 19.3 Å². The number of hydrogen-bond donors (Lipinski definition) is 2. The zero-order valence-electron chi connectivity index (χ0n) is 23.4. The van der Waals surface area contributed by atoms with Crippen LogP contribution in [0.15, 0.2) is 44.9 Å². The molecule has 2 rings (SSSR count). The van der Waals surface area contributed by atoms with E-state index in [4.69, 9.17) is 6.42 Å². The fourth-order valence-corrected chi connectivity index (χ4v) is 4.79. The molecule has 0 saturated heterocycles. The molecule has 166 valence electrons. The molecule has 0 amide bonds. The van der Waals surface area contributed by atoms with E-state index in [0.29, 0.717) is 12.8 Å². The molecule has 0 spiro atoms. The maximum atomic E-state index is 11.5. The van der Waals surface area contributed by atoms with Gasteiger partial charge < -0.3 is 0 Å². The summed E-state index contributed by atoms with van der Waals surface area (Å²) in [5.41, 5.74) is 13.1. The Morgan fingerprint density at radius 2 is 1.60 bits per heavy atom. The second kappa shape index (κ2) is 11.2. The second-order valence-corrected chi connectivity index (χ2v) is 10.2. The summed E-state index contributed by atoms with van der Waals surface area (Å²) in [5, 5.41) is 24.6. The average Bonchev–Trinajstić information content (AvgIpc) is 2.83. The molecule has 1 atom stereocenters. The molecule has 0 aliphatic heterocycles. The van der Waals surface area contributed by atoms with Crippen molar-refractivity contribution in [2.24, 2.45) is 0 Å². The van der Waals surface area contributed by atoms with Gasteiger partial charge in [0.1, 0.15) is 0 Å². The van der Waals surface area contributed by atoms with Gasteiger partial charge >= 0.3 is 221 Å². The molecule has 2 N–H and O–H groups in total. The van der Waals surface area contributed by atoms with Gasteiger partial charge in [-0.1, -0.05) is 0 Å². The van der Waals surface area contributed by atoms with Crippen LogP contribution in [0.4, 0.5) is 0 Å². The van der Waals surface area contributed by atoms with Gasteiger partial charge in [-0.25, -0.2) is 0 Å². The first-order valence-electron chi connectivity index (χ1n) is 12.2. The summed E-state index contributed by atoms with van der Waals surface area (Å²) < 4.78 is 0. The molecule has 1 aliphatic rings. The average molecular weight is 449 g/mol. The number of rotatable bonds is 6. The SMILES string of the molecule is B=C1CC(C(O)/C(B)=C(/B)C(B)=C)=c2c(O)c(B)c(B)c(C)c2=C1C/C(B)=C(B)\C(B)=C(\B)C#C. The fraction of sp³-hybridized carbons (Fsp3) is 0.174. The van der Waals surface area contributed by atoms with Gasteiger partial charge in [-0.2, -0.15) is 0 Å². The van der Waals surface area contributed by atoms with E-state index in [1.807, 2.05) is 47.1 Å². The van der Waals surface area contributed by atoms with Crippen LogP contribution in [-0.4, -0.2) is 99.9 Å². The van der Waals surface area contributed by atoms with Crippen molar-refractivity contribution in [3.63, 3.8) is 0 Å². The summed E-state index contributed by atoms with van der Waals surface area (Å²) in [7, 11) is 22.6. The Kier molecular flexibility index (Phi) is 9.29. The standard InChI is InChI=1S/C23H32B10O2/c1-4-11(25)18(30)19(31)13(27)5-9-12(26)6-10(22(34)21(33)17(29)8(3)24)15-14(9)7(2)16(28)20(32)23(15)35/h1,22,26,34-35H,3,5-6,24-25,27-33H2,2H3/b18-11-,19-13-,21-17-. The third-order valence-corrected chi connectivity index (χ3v) is 8.19. The van der Waals surface area contributed by atoms with Crippen molar-refractivity contribution < 1.29 is 10.2 Å². The molecule has 0 bridgehead atoms. The number of phenols is 1. The summed E-state index contributed by atoms with van der Waals surface area (Å²) >= 11 is 0. The zero-order valence-corrected chi connectivity index (χ0v) is 23.4. The Balaban J connectivity index is 3.05. The van der Waals surface area contributed by atoms with Gasteiger partial charge in [0.15, 0.2) is 0 Å². The molecule has 0 heterocycles. The van der Waals surface area contributed by atoms with E-state index in [1.165, 1.54) is 10.9 Å². The number of phenolic OH excluding ortho intramolecular Hbond substituents is 1. The summed E-state index contributed by atoms with van der Waals surface area (Å²) in [4.78, 5) is 0. The number of fused-ring (bicyclic) bond motifs is 1. The molecule has 2 nitrogen and oxygen atoms in total. The van der Waals surface area contributed by atoms with E-state index in [0.717, 1.165) is 70.9 Å². The third kappa shape index (κ3) is 5.46. The van der Waals surface area contributed by atoms with E-state index in [-0.39, 0.29) is 5.75 Å². The second-order valence-electron chi connectivity index (χ2n) is 10.2. The van der Waals surface area contributed by atoms with Crippen LogP contribution in [0.2, 0.25) is 0 Å². The summed E-state index contributed by atoms with van der Waals surface area (Å²) in [5.74, 6) is 3.00. The van der Waals surface area contributed by atoms with Crippen molar-refractivity contribution in [1.82, 2.24) is 0 Å². The van der Waals surface area contributed by atoms with Crippen molar-refractivity contribution in [3.05, 3.63) is 60.9 Å². The number of aliphatic hydroxyl groups is 1. The topological polar surface area (TPSA) is 40.5 Å². The molecular formula is C23H32B10O2. The number of aromatic hydroxyl groups is 1. The molecule has 35 heavy (non-hydrogen) atoms. The Morgan fingerprint density at radius 1 is 1.03 bits per heavy atom. The Morgan fingerprint density at radius 3 is 2.11 bits per heavy atom. The first kappa shape index (κ1) is 29.0. The maximum absolute atomic E-state index is 11.5.